The van der Waals surface area contributed by atoms with Gasteiger partial charge in [-0.1, -0.05) is 6.07 Å². The average Bonchev–Trinajstić information content (AvgIpc) is 2.76. The molecule has 1 fully saturated rings. The van der Waals surface area contributed by atoms with E-state index in [0.29, 0.717) is 11.3 Å². The number of aryl methyl sites for hydroxylation is 3. The number of alkyl halides is 3. The Kier molecular flexibility index (Phi) is 8.97. The van der Waals surface area contributed by atoms with E-state index < -0.39 is 28.1 Å². The van der Waals surface area contributed by atoms with E-state index in [1.807, 2.05) is 27.0 Å². The van der Waals surface area contributed by atoms with E-state index in [9.17, 15) is 31.5 Å². The molecule has 0 aliphatic carbocycles. The highest BCUT2D eigenvalue weighted by molar-refractivity contribution is 7.92. The Morgan fingerprint density at radius 3 is 1.94 bits per heavy atom. The smallest absolute Gasteiger partial charge is 0.478 e. The topological polar surface area (TPSA) is 127 Å². The van der Waals surface area contributed by atoms with Crippen molar-refractivity contribution in [1.29, 1.82) is 0 Å². The van der Waals surface area contributed by atoms with Gasteiger partial charge in [0.1, 0.15) is 0 Å². The molecule has 0 bridgehead atoms. The second-order valence-corrected chi connectivity index (χ2v) is 10.1. The van der Waals surface area contributed by atoms with Crippen LogP contribution in [0.1, 0.15) is 27.0 Å². The number of piperazine rings is 1. The molecule has 0 unspecified atom stereocenters. The maximum absolute atomic E-state index is 13.2. The number of aliphatic carboxylic acids is 1. The van der Waals surface area contributed by atoms with Gasteiger partial charge < -0.3 is 20.0 Å². The third-order valence-corrected chi connectivity index (χ3v) is 7.16. The molecular formula is C23H28F3N3O6S. The molecule has 9 nitrogen and oxygen atoms in total. The van der Waals surface area contributed by atoms with Crippen molar-refractivity contribution in [1.82, 2.24) is 4.90 Å². The number of benzene rings is 2. The zero-order valence-electron chi connectivity index (χ0n) is 20.2. The standard InChI is InChI=1S/C21H27N3O4S.C2HF3O2/c1-14-11-16(3)20(12-15(14)2)29(27,28)22-18-13-17(21(25)26)5-6-19(18)24-9-7-23(4)8-10-24;3-2(4,5)1(6)7/h5-6,11-13,22H,7-10H2,1-4H3,(H,25,26);(H,6,7). The summed E-state index contributed by atoms with van der Waals surface area (Å²) in [6, 6.07) is 8.08. The van der Waals surface area contributed by atoms with Crippen molar-refractivity contribution < 1.29 is 41.4 Å². The SMILES string of the molecule is Cc1cc(C)c(S(=O)(=O)Nc2cc(C(=O)O)ccc2N2CCN(C)CC2)cc1C.O=C(O)C(F)(F)F. The Morgan fingerprint density at radius 1 is 0.917 bits per heavy atom. The minimum Gasteiger partial charge on any atom is -0.478 e. The molecule has 1 aliphatic heterocycles. The van der Waals surface area contributed by atoms with Gasteiger partial charge in [-0.3, -0.25) is 4.72 Å². The fourth-order valence-corrected chi connectivity index (χ4v) is 4.87. The van der Waals surface area contributed by atoms with Gasteiger partial charge in [0.15, 0.2) is 0 Å². The van der Waals surface area contributed by atoms with E-state index in [4.69, 9.17) is 9.90 Å². The molecule has 1 heterocycles. The van der Waals surface area contributed by atoms with Crippen LogP contribution in [0.3, 0.4) is 0 Å². The summed E-state index contributed by atoms with van der Waals surface area (Å²) in [5, 5.41) is 16.5. The highest BCUT2D eigenvalue weighted by Crippen LogP contribution is 2.31. The highest BCUT2D eigenvalue weighted by atomic mass is 32.2. The first kappa shape index (κ1) is 28.9. The van der Waals surface area contributed by atoms with Crippen molar-refractivity contribution in [2.75, 3.05) is 42.8 Å². The van der Waals surface area contributed by atoms with Crippen LogP contribution in [-0.4, -0.2) is 74.9 Å². The third kappa shape index (κ3) is 7.34. The first-order valence-electron chi connectivity index (χ1n) is 10.7. The number of carboxylic acids is 2. The molecule has 0 aromatic heterocycles. The number of anilines is 2. The fraction of sp³-hybridized carbons (Fsp3) is 0.391. The van der Waals surface area contributed by atoms with Crippen molar-refractivity contribution in [3.63, 3.8) is 0 Å². The zero-order chi connectivity index (χ0) is 27.4. The number of carbonyl (C=O) groups is 2. The van der Waals surface area contributed by atoms with Crippen molar-refractivity contribution in [2.45, 2.75) is 31.8 Å². The number of carboxylic acid groups (broad SMARTS) is 2. The number of hydrogen-bond donors (Lipinski definition) is 3. The van der Waals surface area contributed by atoms with Gasteiger partial charge in [0.05, 0.1) is 21.8 Å². The number of halogens is 3. The number of hydrogen-bond acceptors (Lipinski definition) is 6. The van der Waals surface area contributed by atoms with Crippen LogP contribution >= 0.6 is 0 Å². The van der Waals surface area contributed by atoms with E-state index in [2.05, 4.69) is 14.5 Å². The lowest BCUT2D eigenvalue weighted by Crippen LogP contribution is -2.44. The Bertz CT molecular complexity index is 1240. The highest BCUT2D eigenvalue weighted by Gasteiger charge is 2.38. The number of nitrogens with zero attached hydrogens (tertiary/aromatic N) is 2. The van der Waals surface area contributed by atoms with E-state index in [0.717, 1.165) is 37.3 Å². The molecule has 0 atom stereocenters. The molecule has 3 N–H and O–H groups in total. The molecule has 0 spiro atoms. The molecule has 0 radical (unpaired) electrons. The molecule has 0 amide bonds. The van der Waals surface area contributed by atoms with Crippen molar-refractivity contribution in [2.24, 2.45) is 0 Å². The number of rotatable bonds is 5. The van der Waals surface area contributed by atoms with Crippen molar-refractivity contribution in [3.8, 4) is 0 Å². The van der Waals surface area contributed by atoms with Crippen LogP contribution in [-0.2, 0) is 14.8 Å². The van der Waals surface area contributed by atoms with Crippen LogP contribution in [0.15, 0.2) is 35.2 Å². The molecule has 2 aromatic rings. The molecule has 36 heavy (non-hydrogen) atoms. The summed E-state index contributed by atoms with van der Waals surface area (Å²) < 4.78 is 60.7. The molecule has 2 aromatic carbocycles. The first-order chi connectivity index (χ1) is 16.5. The monoisotopic (exact) mass is 531 g/mol. The summed E-state index contributed by atoms with van der Waals surface area (Å²) in [5.41, 5.74) is 3.57. The third-order valence-electron chi connectivity index (χ3n) is 5.66. The Labute approximate surface area is 207 Å². The van der Waals surface area contributed by atoms with Gasteiger partial charge in [-0.05, 0) is 68.8 Å². The van der Waals surface area contributed by atoms with E-state index in [-0.39, 0.29) is 16.1 Å². The Balaban J connectivity index is 0.000000572. The van der Waals surface area contributed by atoms with E-state index >= 15 is 0 Å². The predicted molar refractivity (Wildman–Crippen MR) is 128 cm³/mol. The number of nitrogens with one attached hydrogen (secondary N) is 1. The van der Waals surface area contributed by atoms with Crippen molar-refractivity contribution in [3.05, 3.63) is 52.6 Å². The molecule has 1 aliphatic rings. The van der Waals surface area contributed by atoms with Gasteiger partial charge in [0.25, 0.3) is 10.0 Å². The minimum absolute atomic E-state index is 0.0392. The largest absolute Gasteiger partial charge is 0.490 e. The summed E-state index contributed by atoms with van der Waals surface area (Å²) in [5.74, 6) is -3.86. The van der Waals surface area contributed by atoms with Gasteiger partial charge >= 0.3 is 18.1 Å². The van der Waals surface area contributed by atoms with Gasteiger partial charge in [-0.2, -0.15) is 13.2 Å². The van der Waals surface area contributed by atoms with E-state index in [1.165, 1.54) is 12.1 Å². The summed E-state index contributed by atoms with van der Waals surface area (Å²) >= 11 is 0. The van der Waals surface area contributed by atoms with Gasteiger partial charge in [-0.25, -0.2) is 18.0 Å². The van der Waals surface area contributed by atoms with Crippen LogP contribution in [0.5, 0.6) is 0 Å². The fourth-order valence-electron chi connectivity index (χ4n) is 3.50. The van der Waals surface area contributed by atoms with Crippen LogP contribution in [0.4, 0.5) is 24.5 Å². The normalized spacial score (nSPS) is 14.6. The maximum atomic E-state index is 13.2. The summed E-state index contributed by atoms with van der Waals surface area (Å²) in [6.45, 7) is 8.74. The van der Waals surface area contributed by atoms with Gasteiger partial charge in [-0.15, -0.1) is 0 Å². The maximum Gasteiger partial charge on any atom is 0.490 e. The lowest BCUT2D eigenvalue weighted by Gasteiger charge is -2.35. The molecule has 0 saturated carbocycles. The first-order valence-corrected chi connectivity index (χ1v) is 12.2. The summed E-state index contributed by atoms with van der Waals surface area (Å²) in [7, 11) is -1.84. The zero-order valence-corrected chi connectivity index (χ0v) is 21.0. The Hall–Kier alpha value is -3.32. The predicted octanol–water partition coefficient (Wildman–Crippen LogP) is 3.50. The Morgan fingerprint density at radius 2 is 1.44 bits per heavy atom. The lowest BCUT2D eigenvalue weighted by molar-refractivity contribution is -0.192. The molecule has 3 rings (SSSR count). The number of aromatic carboxylic acids is 1. The van der Waals surface area contributed by atoms with Crippen LogP contribution in [0.25, 0.3) is 0 Å². The summed E-state index contributed by atoms with van der Waals surface area (Å²) in [4.78, 5) is 24.8. The second kappa shape index (κ2) is 11.2. The second-order valence-electron chi connectivity index (χ2n) is 8.44. The van der Waals surface area contributed by atoms with Crippen LogP contribution < -0.4 is 9.62 Å². The molecular weight excluding hydrogens is 503 g/mol. The van der Waals surface area contributed by atoms with Gasteiger partial charge in [0.2, 0.25) is 0 Å². The quantitative estimate of drug-likeness (QED) is 0.535. The van der Waals surface area contributed by atoms with Gasteiger partial charge in [0, 0.05) is 26.2 Å². The average molecular weight is 532 g/mol. The van der Waals surface area contributed by atoms with E-state index in [1.54, 1.807) is 19.1 Å². The summed E-state index contributed by atoms with van der Waals surface area (Å²) in [6.07, 6.45) is -5.08. The van der Waals surface area contributed by atoms with Crippen LogP contribution in [0.2, 0.25) is 0 Å². The molecule has 198 valence electrons. The lowest BCUT2D eigenvalue weighted by atomic mass is 10.1. The molecule has 1 saturated heterocycles. The number of sulfonamides is 1. The minimum atomic E-state index is -5.08. The van der Waals surface area contributed by atoms with Crippen LogP contribution in [0, 0.1) is 20.8 Å². The molecule has 13 heteroatoms. The number of likely N-dealkylation sites (N-methyl/N-ethyl adjacent to an activating group) is 1. The van der Waals surface area contributed by atoms with Crippen molar-refractivity contribution >= 4 is 33.3 Å².